The smallest absolute Gasteiger partial charge is 0.271 e. The summed E-state index contributed by atoms with van der Waals surface area (Å²) in [6, 6.07) is 3.47. The maximum atomic E-state index is 11.5. The number of nitrogens with one attached hydrogen (secondary N) is 2. The lowest BCUT2D eigenvalue weighted by molar-refractivity contribution is 0.0699. The van der Waals surface area contributed by atoms with Crippen LogP contribution in [-0.4, -0.2) is 42.4 Å². The molecule has 0 bridgehead atoms. The molecule has 6 heteroatoms. The van der Waals surface area contributed by atoms with Gasteiger partial charge in [-0.15, -0.1) is 10.2 Å². The number of amides is 1. The van der Waals surface area contributed by atoms with Crippen molar-refractivity contribution in [2.45, 2.75) is 19.8 Å². The number of aromatic nitrogens is 2. The molecule has 1 saturated heterocycles. The number of carbonyl (C=O) groups excluding carboxylic acids is 1. The molecule has 1 aromatic rings. The lowest BCUT2D eigenvalue weighted by atomic mass is 10.0. The molecule has 0 unspecified atom stereocenters. The minimum absolute atomic E-state index is 0.189. The monoisotopic (exact) mass is 264 g/mol. The summed E-state index contributed by atoms with van der Waals surface area (Å²) in [5, 5.41) is 13.9. The lowest BCUT2D eigenvalue weighted by Crippen LogP contribution is -2.25. The second-order valence-corrected chi connectivity index (χ2v) is 4.60. The van der Waals surface area contributed by atoms with Crippen molar-refractivity contribution < 1.29 is 9.53 Å². The van der Waals surface area contributed by atoms with E-state index >= 15 is 0 Å². The predicted octanol–water partition coefficient (Wildman–Crippen LogP) is 1.06. The van der Waals surface area contributed by atoms with E-state index in [1.165, 1.54) is 0 Å². The molecule has 0 saturated carbocycles. The quantitative estimate of drug-likeness (QED) is 0.831. The third kappa shape index (κ3) is 4.17. The number of ether oxygens (including phenoxy) is 1. The fourth-order valence-electron chi connectivity index (χ4n) is 2.00. The van der Waals surface area contributed by atoms with E-state index < -0.39 is 0 Å². The van der Waals surface area contributed by atoms with Crippen molar-refractivity contribution >= 4 is 11.7 Å². The molecule has 0 radical (unpaired) electrons. The summed E-state index contributed by atoms with van der Waals surface area (Å²) in [5.74, 6) is 1.14. The molecule has 6 nitrogen and oxygen atoms in total. The van der Waals surface area contributed by atoms with E-state index in [4.69, 9.17) is 4.74 Å². The molecular weight excluding hydrogens is 244 g/mol. The Morgan fingerprint density at radius 2 is 2.16 bits per heavy atom. The number of rotatable bonds is 5. The number of carbonyl (C=O) groups is 1. The molecule has 104 valence electrons. The third-order valence-electron chi connectivity index (χ3n) is 3.15. The number of hydrogen-bond acceptors (Lipinski definition) is 5. The van der Waals surface area contributed by atoms with E-state index in [9.17, 15) is 4.79 Å². The summed E-state index contributed by atoms with van der Waals surface area (Å²) in [6.45, 7) is 5.01. The van der Waals surface area contributed by atoms with Gasteiger partial charge in [-0.2, -0.15) is 0 Å². The zero-order valence-corrected chi connectivity index (χ0v) is 11.2. The van der Waals surface area contributed by atoms with Gasteiger partial charge in [-0.3, -0.25) is 4.79 Å². The van der Waals surface area contributed by atoms with Gasteiger partial charge >= 0.3 is 0 Å². The van der Waals surface area contributed by atoms with Crippen molar-refractivity contribution in [3.63, 3.8) is 0 Å². The Kier molecular flexibility index (Phi) is 5.09. The number of anilines is 1. The van der Waals surface area contributed by atoms with Gasteiger partial charge in [0.15, 0.2) is 5.69 Å². The van der Waals surface area contributed by atoms with E-state index in [1.807, 2.05) is 6.92 Å². The Balaban J connectivity index is 1.82. The molecule has 0 spiro atoms. The van der Waals surface area contributed by atoms with Crippen LogP contribution < -0.4 is 10.6 Å². The molecule has 1 aliphatic rings. The highest BCUT2D eigenvalue weighted by atomic mass is 16.5. The lowest BCUT2D eigenvalue weighted by Gasteiger charge is -2.22. The normalized spacial score (nSPS) is 16.1. The van der Waals surface area contributed by atoms with Gasteiger partial charge < -0.3 is 15.4 Å². The van der Waals surface area contributed by atoms with Gasteiger partial charge in [0.2, 0.25) is 0 Å². The third-order valence-corrected chi connectivity index (χ3v) is 3.15. The van der Waals surface area contributed by atoms with E-state index in [1.54, 1.807) is 12.1 Å². The van der Waals surface area contributed by atoms with Crippen molar-refractivity contribution in [1.82, 2.24) is 15.5 Å². The van der Waals surface area contributed by atoms with Gasteiger partial charge in [0.1, 0.15) is 5.82 Å². The number of nitrogens with zero attached hydrogens (tertiary/aromatic N) is 2. The van der Waals surface area contributed by atoms with Gasteiger partial charge in [0, 0.05) is 26.3 Å². The van der Waals surface area contributed by atoms with Gasteiger partial charge in [-0.1, -0.05) is 0 Å². The topological polar surface area (TPSA) is 76.1 Å². The van der Waals surface area contributed by atoms with Gasteiger partial charge in [0.05, 0.1) is 0 Å². The molecule has 2 N–H and O–H groups in total. The van der Waals surface area contributed by atoms with Crippen LogP contribution in [-0.2, 0) is 4.74 Å². The molecule has 2 rings (SSSR count). The van der Waals surface area contributed by atoms with Gasteiger partial charge in [-0.05, 0) is 37.8 Å². The van der Waals surface area contributed by atoms with Crippen LogP contribution in [0, 0.1) is 5.92 Å². The predicted molar refractivity (Wildman–Crippen MR) is 72.1 cm³/mol. The SMILES string of the molecule is CCNC(=O)c1ccc(NCC2CCOCC2)nn1. The molecule has 1 aromatic heterocycles. The summed E-state index contributed by atoms with van der Waals surface area (Å²) in [7, 11) is 0. The largest absolute Gasteiger partial charge is 0.381 e. The molecule has 1 aliphatic heterocycles. The van der Waals surface area contributed by atoms with Crippen molar-refractivity contribution in [3.05, 3.63) is 17.8 Å². The van der Waals surface area contributed by atoms with Crippen LogP contribution in [0.3, 0.4) is 0 Å². The summed E-state index contributed by atoms with van der Waals surface area (Å²) in [6.07, 6.45) is 2.16. The first-order chi connectivity index (χ1) is 9.29. The molecule has 0 aliphatic carbocycles. The van der Waals surface area contributed by atoms with Crippen LogP contribution in [0.4, 0.5) is 5.82 Å². The highest BCUT2D eigenvalue weighted by molar-refractivity contribution is 5.92. The van der Waals surface area contributed by atoms with Crippen LogP contribution in [0.1, 0.15) is 30.3 Å². The maximum absolute atomic E-state index is 11.5. The summed E-state index contributed by atoms with van der Waals surface area (Å²) < 4.78 is 5.32. The minimum atomic E-state index is -0.189. The Bertz CT molecular complexity index is 402. The zero-order valence-electron chi connectivity index (χ0n) is 11.2. The van der Waals surface area contributed by atoms with Gasteiger partial charge in [0.25, 0.3) is 5.91 Å². The van der Waals surface area contributed by atoms with E-state index in [0.717, 1.165) is 32.6 Å². The average Bonchev–Trinajstić information content (AvgIpc) is 2.47. The highest BCUT2D eigenvalue weighted by Crippen LogP contribution is 2.15. The molecule has 0 aromatic carbocycles. The summed E-state index contributed by atoms with van der Waals surface area (Å²) >= 11 is 0. The van der Waals surface area contributed by atoms with E-state index in [2.05, 4.69) is 20.8 Å². The first-order valence-electron chi connectivity index (χ1n) is 6.73. The molecule has 1 amide bonds. The van der Waals surface area contributed by atoms with Crippen molar-refractivity contribution in [2.24, 2.45) is 5.92 Å². The Morgan fingerprint density at radius 3 is 2.79 bits per heavy atom. The zero-order chi connectivity index (χ0) is 13.5. The molecule has 1 fully saturated rings. The van der Waals surface area contributed by atoms with E-state index in [0.29, 0.717) is 24.0 Å². The summed E-state index contributed by atoms with van der Waals surface area (Å²) in [4.78, 5) is 11.5. The molecular formula is C13H20N4O2. The molecule has 19 heavy (non-hydrogen) atoms. The first-order valence-corrected chi connectivity index (χ1v) is 6.73. The fourth-order valence-corrected chi connectivity index (χ4v) is 2.00. The number of hydrogen-bond donors (Lipinski definition) is 2. The van der Waals surface area contributed by atoms with Crippen LogP contribution in [0.5, 0.6) is 0 Å². The second kappa shape index (κ2) is 7.04. The van der Waals surface area contributed by atoms with E-state index in [-0.39, 0.29) is 5.91 Å². The minimum Gasteiger partial charge on any atom is -0.381 e. The highest BCUT2D eigenvalue weighted by Gasteiger charge is 2.13. The van der Waals surface area contributed by atoms with Crippen molar-refractivity contribution in [2.75, 3.05) is 31.6 Å². The Morgan fingerprint density at radius 1 is 1.37 bits per heavy atom. The van der Waals surface area contributed by atoms with Crippen LogP contribution in [0.15, 0.2) is 12.1 Å². The van der Waals surface area contributed by atoms with Crippen LogP contribution in [0.25, 0.3) is 0 Å². The first kappa shape index (κ1) is 13.7. The van der Waals surface area contributed by atoms with Crippen molar-refractivity contribution in [1.29, 1.82) is 0 Å². The van der Waals surface area contributed by atoms with Crippen molar-refractivity contribution in [3.8, 4) is 0 Å². The Hall–Kier alpha value is -1.69. The maximum Gasteiger partial charge on any atom is 0.271 e. The standard InChI is InChI=1S/C13H20N4O2/c1-2-14-13(18)11-3-4-12(17-16-11)15-9-10-5-7-19-8-6-10/h3-4,10H,2,5-9H2,1H3,(H,14,18)(H,15,17). The molecule has 2 heterocycles. The van der Waals surface area contributed by atoms with Crippen LogP contribution >= 0.6 is 0 Å². The Labute approximate surface area is 112 Å². The molecule has 0 atom stereocenters. The average molecular weight is 264 g/mol. The van der Waals surface area contributed by atoms with Crippen LogP contribution in [0.2, 0.25) is 0 Å². The fraction of sp³-hybridized carbons (Fsp3) is 0.615. The summed E-state index contributed by atoms with van der Waals surface area (Å²) in [5.41, 5.74) is 0.346. The second-order valence-electron chi connectivity index (χ2n) is 4.60. The van der Waals surface area contributed by atoms with Gasteiger partial charge in [-0.25, -0.2) is 0 Å².